The largest absolute Gasteiger partial charge is 0.368 e. The van der Waals surface area contributed by atoms with E-state index in [0.717, 1.165) is 57.6 Å². The topological polar surface area (TPSA) is 23.6 Å². The second kappa shape index (κ2) is 6.03. The van der Waals surface area contributed by atoms with Crippen molar-refractivity contribution in [3.63, 3.8) is 0 Å². The Morgan fingerprint density at radius 3 is 2.58 bits per heavy atom. The summed E-state index contributed by atoms with van der Waals surface area (Å²) in [7, 11) is 2.14. The van der Waals surface area contributed by atoms with Crippen LogP contribution >= 0.6 is 22.9 Å². The van der Waals surface area contributed by atoms with E-state index in [-0.39, 0.29) is 5.43 Å². The Hall–Kier alpha value is -1.62. The Balaban J connectivity index is 2.00. The van der Waals surface area contributed by atoms with Crippen molar-refractivity contribution in [3.8, 4) is 0 Å². The van der Waals surface area contributed by atoms with Crippen LogP contribution in [0.3, 0.4) is 0 Å². The van der Waals surface area contributed by atoms with Gasteiger partial charge in [-0.05, 0) is 43.8 Å². The summed E-state index contributed by atoms with van der Waals surface area (Å²) in [5.74, 6) is 0. The highest BCUT2D eigenvalue weighted by molar-refractivity contribution is 7.24. The second-order valence-electron chi connectivity index (χ2n) is 6.47. The lowest BCUT2D eigenvalue weighted by molar-refractivity contribution is 0.313. The number of rotatable bonds is 1. The first kappa shape index (κ1) is 15.9. The minimum Gasteiger partial charge on any atom is -0.368 e. The Kier molecular flexibility index (Phi) is 3.99. The van der Waals surface area contributed by atoms with Crippen LogP contribution in [0, 0.1) is 6.92 Å². The van der Waals surface area contributed by atoms with Gasteiger partial charge in [-0.2, -0.15) is 0 Å². The highest BCUT2D eigenvalue weighted by Gasteiger charge is 2.19. The lowest BCUT2D eigenvalue weighted by atomic mass is 10.1. The molecule has 1 saturated heterocycles. The molecule has 1 aromatic heterocycles. The molecule has 0 spiro atoms. The molecule has 1 fully saturated rings. The highest BCUT2D eigenvalue weighted by atomic mass is 35.5. The monoisotopic (exact) mass is 358 g/mol. The molecule has 1 aliphatic rings. The molecule has 0 unspecified atom stereocenters. The van der Waals surface area contributed by atoms with E-state index in [1.807, 2.05) is 12.1 Å². The van der Waals surface area contributed by atoms with Gasteiger partial charge in [0.15, 0.2) is 5.43 Å². The molecule has 5 heteroatoms. The smallest absolute Gasteiger partial charge is 0.197 e. The van der Waals surface area contributed by atoms with Crippen molar-refractivity contribution in [1.29, 1.82) is 0 Å². The third-order valence-corrected chi connectivity index (χ3v) is 6.33. The third kappa shape index (κ3) is 2.59. The van der Waals surface area contributed by atoms with Crippen LogP contribution in [0.4, 0.5) is 5.69 Å². The van der Waals surface area contributed by atoms with Crippen molar-refractivity contribution >= 4 is 48.8 Å². The molecular weight excluding hydrogens is 340 g/mol. The standard InChI is InChI=1S/C19H19ClN2OS/c1-12-3-6-15(22-9-7-21(2)8-10-22)17-18(23)14-5-4-13(20)11-16(14)24-19(12)17/h3-6,11H,7-10H2,1-2H3. The summed E-state index contributed by atoms with van der Waals surface area (Å²) in [6.45, 7) is 6.03. The Bertz CT molecular complexity index is 990. The SMILES string of the molecule is Cc1ccc(N2CCN(C)CC2)c2c(=O)c3ccc(Cl)cc3sc12. The molecule has 1 aliphatic heterocycles. The minimum absolute atomic E-state index is 0.119. The molecule has 0 saturated carbocycles. The zero-order valence-electron chi connectivity index (χ0n) is 13.8. The van der Waals surface area contributed by atoms with Gasteiger partial charge in [-0.1, -0.05) is 17.7 Å². The maximum Gasteiger partial charge on any atom is 0.197 e. The summed E-state index contributed by atoms with van der Waals surface area (Å²) < 4.78 is 2.03. The lowest BCUT2D eigenvalue weighted by Crippen LogP contribution is -2.44. The van der Waals surface area contributed by atoms with Crippen LogP contribution < -0.4 is 10.3 Å². The van der Waals surface area contributed by atoms with Gasteiger partial charge in [-0.25, -0.2) is 0 Å². The van der Waals surface area contributed by atoms with Gasteiger partial charge in [0.1, 0.15) is 0 Å². The quantitative estimate of drug-likeness (QED) is 0.611. The third-order valence-electron chi connectivity index (χ3n) is 4.80. The summed E-state index contributed by atoms with van der Waals surface area (Å²) in [6, 6.07) is 9.78. The van der Waals surface area contributed by atoms with Gasteiger partial charge in [0.05, 0.1) is 5.39 Å². The number of hydrogen-bond acceptors (Lipinski definition) is 4. The Morgan fingerprint density at radius 1 is 1.08 bits per heavy atom. The van der Waals surface area contributed by atoms with E-state index < -0.39 is 0 Å². The fourth-order valence-electron chi connectivity index (χ4n) is 3.35. The second-order valence-corrected chi connectivity index (χ2v) is 7.96. The minimum atomic E-state index is 0.119. The number of nitrogens with zero attached hydrogens (tertiary/aromatic N) is 2. The van der Waals surface area contributed by atoms with E-state index in [0.29, 0.717) is 5.02 Å². The lowest BCUT2D eigenvalue weighted by Gasteiger charge is -2.34. The zero-order valence-corrected chi connectivity index (χ0v) is 15.4. The van der Waals surface area contributed by atoms with Crippen LogP contribution in [-0.4, -0.2) is 38.1 Å². The molecule has 0 N–H and O–H groups in total. The molecule has 0 amide bonds. The molecule has 0 radical (unpaired) electrons. The number of fused-ring (bicyclic) bond motifs is 2. The van der Waals surface area contributed by atoms with Gasteiger partial charge >= 0.3 is 0 Å². The molecule has 2 heterocycles. The maximum atomic E-state index is 13.2. The van der Waals surface area contributed by atoms with E-state index >= 15 is 0 Å². The van der Waals surface area contributed by atoms with Gasteiger partial charge in [0, 0.05) is 51.7 Å². The van der Waals surface area contributed by atoms with Gasteiger partial charge < -0.3 is 9.80 Å². The van der Waals surface area contributed by atoms with E-state index in [1.165, 1.54) is 0 Å². The normalized spacial score (nSPS) is 16.2. The predicted molar refractivity (Wildman–Crippen MR) is 105 cm³/mol. The van der Waals surface area contributed by atoms with Gasteiger partial charge in [-0.15, -0.1) is 11.3 Å². The highest BCUT2D eigenvalue weighted by Crippen LogP contribution is 2.34. The first-order valence-corrected chi connectivity index (χ1v) is 9.33. The molecule has 0 bridgehead atoms. The summed E-state index contributed by atoms with van der Waals surface area (Å²) >= 11 is 7.78. The van der Waals surface area contributed by atoms with Gasteiger partial charge in [0.25, 0.3) is 0 Å². The molecule has 3 aromatic rings. The first-order valence-electron chi connectivity index (χ1n) is 8.14. The van der Waals surface area contributed by atoms with E-state index in [9.17, 15) is 4.79 Å². The summed E-state index contributed by atoms with van der Waals surface area (Å²) in [5.41, 5.74) is 2.33. The summed E-state index contributed by atoms with van der Waals surface area (Å²) in [5, 5.41) is 2.29. The summed E-state index contributed by atoms with van der Waals surface area (Å²) in [4.78, 5) is 17.9. The molecule has 2 aromatic carbocycles. The van der Waals surface area contributed by atoms with E-state index in [2.05, 4.69) is 35.9 Å². The predicted octanol–water partition coefficient (Wildman–Crippen LogP) is 4.13. The number of anilines is 1. The van der Waals surface area contributed by atoms with Crippen molar-refractivity contribution in [2.45, 2.75) is 6.92 Å². The zero-order chi connectivity index (χ0) is 16.8. The maximum absolute atomic E-state index is 13.2. The average molecular weight is 359 g/mol. The number of hydrogen-bond donors (Lipinski definition) is 0. The number of piperazine rings is 1. The van der Waals surface area contributed by atoms with E-state index in [1.54, 1.807) is 17.4 Å². The van der Waals surface area contributed by atoms with Crippen molar-refractivity contribution < 1.29 is 0 Å². The summed E-state index contributed by atoms with van der Waals surface area (Å²) in [6.07, 6.45) is 0. The molecular formula is C19H19ClN2OS. The number of aryl methyl sites for hydroxylation is 1. The molecule has 124 valence electrons. The molecule has 0 aliphatic carbocycles. The van der Waals surface area contributed by atoms with E-state index in [4.69, 9.17) is 11.6 Å². The van der Waals surface area contributed by atoms with Gasteiger partial charge in [0.2, 0.25) is 0 Å². The van der Waals surface area contributed by atoms with Crippen LogP contribution in [0.5, 0.6) is 0 Å². The number of benzene rings is 2. The van der Waals surface area contributed by atoms with Crippen molar-refractivity contribution in [2.75, 3.05) is 38.1 Å². The molecule has 4 rings (SSSR count). The number of likely N-dealkylation sites (N-methyl/N-ethyl adjacent to an activating group) is 1. The fraction of sp³-hybridized carbons (Fsp3) is 0.316. The molecule has 24 heavy (non-hydrogen) atoms. The van der Waals surface area contributed by atoms with Crippen molar-refractivity contribution in [2.24, 2.45) is 0 Å². The van der Waals surface area contributed by atoms with Crippen molar-refractivity contribution in [3.05, 3.63) is 51.1 Å². The fourth-order valence-corrected chi connectivity index (χ4v) is 4.79. The first-order chi connectivity index (χ1) is 11.5. The van der Waals surface area contributed by atoms with Crippen LogP contribution in [0.15, 0.2) is 35.1 Å². The number of halogens is 1. The average Bonchev–Trinajstić information content (AvgIpc) is 2.57. The van der Waals surface area contributed by atoms with Crippen LogP contribution in [-0.2, 0) is 0 Å². The Labute approximate surface area is 150 Å². The Morgan fingerprint density at radius 2 is 1.83 bits per heavy atom. The van der Waals surface area contributed by atoms with Crippen LogP contribution in [0.25, 0.3) is 20.2 Å². The van der Waals surface area contributed by atoms with Crippen LogP contribution in [0.1, 0.15) is 5.56 Å². The van der Waals surface area contributed by atoms with Crippen LogP contribution in [0.2, 0.25) is 5.02 Å². The molecule has 0 atom stereocenters. The molecule has 3 nitrogen and oxygen atoms in total. The van der Waals surface area contributed by atoms with Crippen molar-refractivity contribution in [1.82, 2.24) is 4.90 Å². The van der Waals surface area contributed by atoms with Gasteiger partial charge in [-0.3, -0.25) is 4.79 Å².